The molecule has 1 aliphatic heterocycles. The third kappa shape index (κ3) is 4.14. The number of imide groups is 3. The third-order valence-corrected chi connectivity index (χ3v) is 3.62. The number of methoxy groups -OCH3 is 2. The molecular weight excluding hydrogens is 328 g/mol. The standard InChI is InChI=1S/C17H20N2O6/c1-4-25-17(22)19-15(20)10-12(16(19)21)18-8-7-11-5-6-13(23-2)14(9-11)24-3/h5-6,9H,4,7-8,10H2,1-3H3. The Balaban J connectivity index is 2.02. The summed E-state index contributed by atoms with van der Waals surface area (Å²) in [7, 11) is 3.11. The van der Waals surface area contributed by atoms with Crippen LogP contribution in [0.5, 0.6) is 11.5 Å². The number of carbonyl (C=O) groups is 3. The molecule has 0 N–H and O–H groups in total. The Hall–Kier alpha value is -2.90. The van der Waals surface area contributed by atoms with E-state index in [2.05, 4.69) is 4.99 Å². The van der Waals surface area contributed by atoms with Crippen molar-refractivity contribution >= 4 is 23.6 Å². The first-order valence-electron chi connectivity index (χ1n) is 7.80. The Morgan fingerprint density at radius 1 is 1.20 bits per heavy atom. The average Bonchev–Trinajstić information content (AvgIpc) is 2.88. The summed E-state index contributed by atoms with van der Waals surface area (Å²) in [6.07, 6.45) is -0.600. The fourth-order valence-corrected chi connectivity index (χ4v) is 2.39. The summed E-state index contributed by atoms with van der Waals surface area (Å²) in [6.45, 7) is 1.99. The second-order valence-corrected chi connectivity index (χ2v) is 5.18. The number of benzene rings is 1. The molecule has 0 unspecified atom stereocenters. The number of carbonyl (C=O) groups excluding carboxylic acids is 3. The number of rotatable bonds is 6. The zero-order chi connectivity index (χ0) is 18.4. The van der Waals surface area contributed by atoms with Crippen molar-refractivity contribution < 1.29 is 28.6 Å². The van der Waals surface area contributed by atoms with E-state index in [1.54, 1.807) is 27.2 Å². The van der Waals surface area contributed by atoms with Crippen LogP contribution < -0.4 is 9.47 Å². The third-order valence-electron chi connectivity index (χ3n) is 3.62. The zero-order valence-corrected chi connectivity index (χ0v) is 14.4. The van der Waals surface area contributed by atoms with E-state index in [4.69, 9.17) is 14.2 Å². The highest BCUT2D eigenvalue weighted by Crippen LogP contribution is 2.27. The van der Waals surface area contributed by atoms with Crippen LogP contribution in [0.15, 0.2) is 23.2 Å². The molecule has 1 fully saturated rings. The van der Waals surface area contributed by atoms with E-state index in [9.17, 15) is 14.4 Å². The second-order valence-electron chi connectivity index (χ2n) is 5.18. The second kappa shape index (κ2) is 8.27. The van der Waals surface area contributed by atoms with E-state index >= 15 is 0 Å². The van der Waals surface area contributed by atoms with Gasteiger partial charge in [0, 0.05) is 6.54 Å². The summed E-state index contributed by atoms with van der Waals surface area (Å²) in [6, 6.07) is 5.48. The molecule has 1 heterocycles. The van der Waals surface area contributed by atoms with Gasteiger partial charge in [-0.25, -0.2) is 4.79 Å². The van der Waals surface area contributed by atoms with Crippen molar-refractivity contribution in [2.45, 2.75) is 19.8 Å². The quantitative estimate of drug-likeness (QED) is 0.725. The molecule has 2 rings (SSSR count). The number of nitrogens with zero attached hydrogens (tertiary/aromatic N) is 2. The van der Waals surface area contributed by atoms with Crippen molar-refractivity contribution in [1.82, 2.24) is 4.90 Å². The minimum absolute atomic E-state index is 0.0681. The molecule has 8 heteroatoms. The van der Waals surface area contributed by atoms with Gasteiger partial charge in [-0.15, -0.1) is 0 Å². The summed E-state index contributed by atoms with van der Waals surface area (Å²) in [5, 5.41) is 0. The van der Waals surface area contributed by atoms with Gasteiger partial charge in [0.05, 0.1) is 27.2 Å². The van der Waals surface area contributed by atoms with Crippen LogP contribution in [-0.4, -0.2) is 55.9 Å². The summed E-state index contributed by atoms with van der Waals surface area (Å²) >= 11 is 0. The van der Waals surface area contributed by atoms with Crippen molar-refractivity contribution in [2.24, 2.45) is 4.99 Å². The molecule has 3 amide bonds. The van der Waals surface area contributed by atoms with Gasteiger partial charge in [0.15, 0.2) is 11.5 Å². The summed E-state index contributed by atoms with van der Waals surface area (Å²) in [4.78, 5) is 40.2. The molecule has 1 saturated heterocycles. The van der Waals surface area contributed by atoms with E-state index in [1.165, 1.54) is 0 Å². The van der Waals surface area contributed by atoms with Crippen molar-refractivity contribution in [3.63, 3.8) is 0 Å². The van der Waals surface area contributed by atoms with Crippen LogP contribution in [-0.2, 0) is 20.7 Å². The monoisotopic (exact) mass is 348 g/mol. The smallest absolute Gasteiger partial charge is 0.423 e. The lowest BCUT2D eigenvalue weighted by Gasteiger charge is -2.10. The largest absolute Gasteiger partial charge is 0.493 e. The van der Waals surface area contributed by atoms with E-state index < -0.39 is 17.9 Å². The van der Waals surface area contributed by atoms with Crippen molar-refractivity contribution in [2.75, 3.05) is 27.4 Å². The van der Waals surface area contributed by atoms with Gasteiger partial charge in [0.25, 0.3) is 5.91 Å². The van der Waals surface area contributed by atoms with Gasteiger partial charge in [0.1, 0.15) is 5.71 Å². The minimum atomic E-state index is -0.956. The van der Waals surface area contributed by atoms with Crippen molar-refractivity contribution in [3.05, 3.63) is 23.8 Å². The molecule has 0 atom stereocenters. The first-order valence-corrected chi connectivity index (χ1v) is 7.80. The Labute approximate surface area is 145 Å². The number of ether oxygens (including phenoxy) is 3. The normalized spacial score (nSPS) is 15.6. The number of likely N-dealkylation sites (tertiary alicyclic amines) is 1. The van der Waals surface area contributed by atoms with Crippen LogP contribution in [0.1, 0.15) is 18.9 Å². The van der Waals surface area contributed by atoms with Crippen LogP contribution in [0.3, 0.4) is 0 Å². The number of hydrogen-bond acceptors (Lipinski definition) is 7. The molecule has 134 valence electrons. The molecule has 1 aromatic carbocycles. The van der Waals surface area contributed by atoms with Crippen LogP contribution in [0.2, 0.25) is 0 Å². The van der Waals surface area contributed by atoms with Gasteiger partial charge in [-0.05, 0) is 31.0 Å². The van der Waals surface area contributed by atoms with Crippen LogP contribution in [0.4, 0.5) is 4.79 Å². The molecule has 0 saturated carbocycles. The van der Waals surface area contributed by atoms with E-state index in [-0.39, 0.29) is 18.7 Å². The average molecular weight is 348 g/mol. The lowest BCUT2D eigenvalue weighted by Crippen LogP contribution is -2.37. The fraction of sp³-hybridized carbons (Fsp3) is 0.412. The van der Waals surface area contributed by atoms with Gasteiger partial charge >= 0.3 is 6.09 Å². The Kier molecular flexibility index (Phi) is 6.10. The molecule has 1 aromatic rings. The molecule has 8 nitrogen and oxygen atoms in total. The van der Waals surface area contributed by atoms with E-state index in [0.29, 0.717) is 29.4 Å². The topological polar surface area (TPSA) is 94.5 Å². The molecule has 0 spiro atoms. The number of amides is 3. The fourth-order valence-electron chi connectivity index (χ4n) is 2.39. The molecule has 0 aromatic heterocycles. The van der Waals surface area contributed by atoms with Gasteiger partial charge in [-0.3, -0.25) is 14.6 Å². The predicted octanol–water partition coefficient (Wildman–Crippen LogP) is 1.60. The number of aliphatic imine (C=N–C) groups is 1. The predicted molar refractivity (Wildman–Crippen MR) is 89.0 cm³/mol. The van der Waals surface area contributed by atoms with E-state index in [1.807, 2.05) is 12.1 Å². The van der Waals surface area contributed by atoms with Gasteiger partial charge in [-0.1, -0.05) is 6.07 Å². The lowest BCUT2D eigenvalue weighted by molar-refractivity contribution is -0.134. The highest BCUT2D eigenvalue weighted by molar-refractivity contribution is 6.51. The first kappa shape index (κ1) is 18.4. The highest BCUT2D eigenvalue weighted by atomic mass is 16.6. The molecule has 0 radical (unpaired) electrons. The maximum Gasteiger partial charge on any atom is 0.423 e. The Morgan fingerprint density at radius 2 is 1.92 bits per heavy atom. The van der Waals surface area contributed by atoms with Crippen molar-refractivity contribution in [1.29, 1.82) is 0 Å². The Bertz CT molecular complexity index is 713. The van der Waals surface area contributed by atoms with Crippen LogP contribution >= 0.6 is 0 Å². The zero-order valence-electron chi connectivity index (χ0n) is 14.4. The number of hydrogen-bond donors (Lipinski definition) is 0. The molecule has 0 aliphatic carbocycles. The SMILES string of the molecule is CCOC(=O)N1C(=O)CC(=NCCc2ccc(OC)c(OC)c2)C1=O. The van der Waals surface area contributed by atoms with Gasteiger partial charge in [0.2, 0.25) is 5.91 Å². The van der Waals surface area contributed by atoms with Gasteiger partial charge < -0.3 is 14.2 Å². The summed E-state index contributed by atoms with van der Waals surface area (Å²) in [5.74, 6) is -0.100. The van der Waals surface area contributed by atoms with Gasteiger partial charge in [-0.2, -0.15) is 4.90 Å². The van der Waals surface area contributed by atoms with Crippen LogP contribution in [0, 0.1) is 0 Å². The summed E-state index contributed by atoms with van der Waals surface area (Å²) in [5.41, 5.74) is 1.01. The van der Waals surface area contributed by atoms with E-state index in [0.717, 1.165) is 5.56 Å². The van der Waals surface area contributed by atoms with Crippen LogP contribution in [0.25, 0.3) is 0 Å². The minimum Gasteiger partial charge on any atom is -0.493 e. The molecule has 0 bridgehead atoms. The highest BCUT2D eigenvalue weighted by Gasteiger charge is 2.40. The summed E-state index contributed by atoms with van der Waals surface area (Å²) < 4.78 is 15.1. The molecule has 25 heavy (non-hydrogen) atoms. The molecule has 1 aliphatic rings. The van der Waals surface area contributed by atoms with Crippen molar-refractivity contribution in [3.8, 4) is 11.5 Å². The molecular formula is C17H20N2O6. The Morgan fingerprint density at radius 3 is 2.56 bits per heavy atom. The maximum absolute atomic E-state index is 12.1. The maximum atomic E-state index is 12.1. The first-order chi connectivity index (χ1) is 12.0. The lowest BCUT2D eigenvalue weighted by atomic mass is 10.1.